The van der Waals surface area contributed by atoms with Crippen molar-refractivity contribution in [2.75, 3.05) is 41.8 Å². The molecule has 0 amide bonds. The van der Waals surface area contributed by atoms with E-state index >= 15 is 0 Å². The van der Waals surface area contributed by atoms with Crippen molar-refractivity contribution in [1.29, 1.82) is 0 Å². The van der Waals surface area contributed by atoms with Crippen molar-refractivity contribution >= 4 is 34.4 Å². The Hall–Kier alpha value is -3.65. The fourth-order valence-corrected chi connectivity index (χ4v) is 5.12. The zero-order chi connectivity index (χ0) is 26.0. The van der Waals surface area contributed by atoms with Crippen LogP contribution in [0.2, 0.25) is 0 Å². The number of hydrogen-bond acceptors (Lipinski definition) is 7. The van der Waals surface area contributed by atoms with Crippen molar-refractivity contribution in [3.05, 3.63) is 82.3 Å². The fraction of sp³-hybridized carbons (Fsp3) is 0.379. The maximum atomic E-state index is 11.7. The van der Waals surface area contributed by atoms with Crippen LogP contribution in [0.15, 0.2) is 60.7 Å². The molecule has 2 aliphatic rings. The Kier molecular flexibility index (Phi) is 7.02. The van der Waals surface area contributed by atoms with Gasteiger partial charge in [-0.25, -0.2) is 4.98 Å². The summed E-state index contributed by atoms with van der Waals surface area (Å²) in [5.41, 5.74) is 4.20. The van der Waals surface area contributed by atoms with Gasteiger partial charge in [0.15, 0.2) is 0 Å². The topological polar surface area (TPSA) is 92.6 Å². The molecule has 193 valence electrons. The molecule has 5 rings (SSSR count). The smallest absolute Gasteiger partial charge is 0.311 e. The first-order valence-electron chi connectivity index (χ1n) is 12.9. The molecule has 8 heteroatoms. The number of nitrogens with one attached hydrogen (secondary N) is 2. The van der Waals surface area contributed by atoms with Crippen molar-refractivity contribution in [3.63, 3.8) is 0 Å². The normalized spacial score (nSPS) is 18.2. The highest BCUT2D eigenvalue weighted by Crippen LogP contribution is 2.50. The van der Waals surface area contributed by atoms with Crippen LogP contribution in [0.4, 0.5) is 34.4 Å². The summed E-state index contributed by atoms with van der Waals surface area (Å²) in [6, 6.07) is 19.3. The minimum atomic E-state index is -0.414. The van der Waals surface area contributed by atoms with Crippen molar-refractivity contribution in [2.45, 2.75) is 33.6 Å². The van der Waals surface area contributed by atoms with Crippen LogP contribution >= 0.6 is 0 Å². The number of rotatable bonds is 7. The second kappa shape index (κ2) is 10.4. The van der Waals surface area contributed by atoms with E-state index < -0.39 is 4.92 Å². The Labute approximate surface area is 218 Å². The molecule has 3 aromatic rings. The van der Waals surface area contributed by atoms with Crippen LogP contribution in [0, 0.1) is 27.4 Å². The second-order valence-electron chi connectivity index (χ2n) is 10.8. The van der Waals surface area contributed by atoms with Crippen molar-refractivity contribution in [3.8, 4) is 0 Å². The van der Waals surface area contributed by atoms with Gasteiger partial charge in [-0.15, -0.1) is 0 Å². The van der Waals surface area contributed by atoms with Crippen LogP contribution < -0.4 is 15.5 Å². The van der Waals surface area contributed by atoms with E-state index in [4.69, 9.17) is 4.74 Å². The standard InChI is InChI=1S/C29H34N5O3/c1-29(2,3)25-13-12-24(25)20-4-6-22(7-5-20)31-28-26(34(35)36)14-15-27(32-28)30-21-8-10-23(11-9-21)33-16-18-37-19-17-33/h4-11,14-15,25H,12-13,16-19H2,1-3H3,(H2,30,31,32). The van der Waals surface area contributed by atoms with E-state index in [1.807, 2.05) is 24.3 Å². The van der Waals surface area contributed by atoms with E-state index in [1.54, 1.807) is 6.07 Å². The van der Waals surface area contributed by atoms with Crippen molar-refractivity contribution in [1.82, 2.24) is 4.98 Å². The summed E-state index contributed by atoms with van der Waals surface area (Å²) in [4.78, 5) is 18.1. The number of benzene rings is 2. The predicted molar refractivity (Wildman–Crippen MR) is 148 cm³/mol. The number of nitro groups is 1. The molecule has 1 aliphatic carbocycles. The quantitative estimate of drug-likeness (QED) is 0.276. The van der Waals surface area contributed by atoms with Gasteiger partial charge in [0.25, 0.3) is 0 Å². The van der Waals surface area contributed by atoms with Gasteiger partial charge in [0.1, 0.15) is 5.82 Å². The number of nitrogens with zero attached hydrogens (tertiary/aromatic N) is 3. The predicted octanol–water partition coefficient (Wildman–Crippen LogP) is 6.69. The number of anilines is 5. The van der Waals surface area contributed by atoms with Crippen molar-refractivity contribution in [2.24, 2.45) is 11.3 Å². The number of ether oxygens (including phenoxy) is 1. The van der Waals surface area contributed by atoms with E-state index in [0.717, 1.165) is 49.8 Å². The van der Waals surface area contributed by atoms with Gasteiger partial charge in [0.05, 0.1) is 18.1 Å². The molecule has 37 heavy (non-hydrogen) atoms. The molecule has 1 atom stereocenters. The highest BCUT2D eigenvalue weighted by molar-refractivity contribution is 5.70. The average molecular weight is 501 g/mol. The summed E-state index contributed by atoms with van der Waals surface area (Å²) in [6.45, 7) is 10.1. The largest absolute Gasteiger partial charge is 0.378 e. The Morgan fingerprint density at radius 3 is 2.19 bits per heavy atom. The Morgan fingerprint density at radius 2 is 1.59 bits per heavy atom. The summed E-state index contributed by atoms with van der Waals surface area (Å²) in [6.07, 6.45) is 2.35. The van der Waals surface area contributed by atoms with Crippen LogP contribution in [0.25, 0.3) is 0 Å². The molecule has 2 N–H and O–H groups in total. The summed E-state index contributed by atoms with van der Waals surface area (Å²) < 4.78 is 5.43. The first-order chi connectivity index (χ1) is 17.8. The highest BCUT2D eigenvalue weighted by Gasteiger charge is 2.40. The highest BCUT2D eigenvalue weighted by atomic mass is 16.6. The minimum Gasteiger partial charge on any atom is -0.378 e. The third kappa shape index (κ3) is 5.69. The van der Waals surface area contributed by atoms with Gasteiger partial charge < -0.3 is 20.3 Å². The van der Waals surface area contributed by atoms with E-state index in [0.29, 0.717) is 11.7 Å². The van der Waals surface area contributed by atoms with Crippen molar-refractivity contribution < 1.29 is 9.66 Å². The van der Waals surface area contributed by atoms with Gasteiger partial charge in [-0.3, -0.25) is 10.1 Å². The second-order valence-corrected chi connectivity index (χ2v) is 10.8. The van der Waals surface area contributed by atoms with Crippen LogP contribution in [0.5, 0.6) is 0 Å². The number of pyridine rings is 1. The van der Waals surface area contributed by atoms with Crippen LogP contribution in [-0.4, -0.2) is 36.2 Å². The lowest BCUT2D eigenvalue weighted by Gasteiger charge is -2.45. The monoisotopic (exact) mass is 500 g/mol. The first kappa shape index (κ1) is 25.0. The van der Waals surface area contributed by atoms with Gasteiger partial charge >= 0.3 is 5.69 Å². The number of aromatic nitrogens is 1. The maximum Gasteiger partial charge on any atom is 0.311 e. The maximum absolute atomic E-state index is 11.7. The molecule has 2 aromatic carbocycles. The van der Waals surface area contributed by atoms with Crippen LogP contribution in [0.3, 0.4) is 0 Å². The van der Waals surface area contributed by atoms with E-state index in [9.17, 15) is 10.1 Å². The Bertz CT molecular complexity index is 1230. The zero-order valence-electron chi connectivity index (χ0n) is 21.7. The lowest BCUT2D eigenvalue weighted by Crippen LogP contribution is -2.36. The third-order valence-corrected chi connectivity index (χ3v) is 7.27. The molecule has 1 unspecified atom stereocenters. The van der Waals surface area contributed by atoms with Crippen LogP contribution in [0.1, 0.15) is 39.2 Å². The molecule has 1 saturated carbocycles. The van der Waals surface area contributed by atoms with Gasteiger partial charge in [0, 0.05) is 42.1 Å². The number of morpholine rings is 1. The fourth-order valence-electron chi connectivity index (χ4n) is 5.12. The molecular weight excluding hydrogens is 466 g/mol. The van der Waals surface area contributed by atoms with E-state index in [-0.39, 0.29) is 16.9 Å². The Morgan fingerprint density at radius 1 is 0.946 bits per heavy atom. The summed E-state index contributed by atoms with van der Waals surface area (Å²) in [5.74, 6) is 2.83. The van der Waals surface area contributed by atoms with E-state index in [1.165, 1.54) is 24.0 Å². The summed E-state index contributed by atoms with van der Waals surface area (Å²) in [7, 11) is 0. The molecule has 1 saturated heterocycles. The molecule has 1 aliphatic heterocycles. The SMILES string of the molecule is CC(C)(C)C1CC[C]1c1ccc(Nc2nc(Nc3ccc(N4CCOCC4)cc3)ccc2[N+](=O)[O-])cc1. The van der Waals surface area contributed by atoms with Gasteiger partial charge in [-0.05, 0) is 72.2 Å². The third-order valence-electron chi connectivity index (χ3n) is 7.27. The molecule has 8 nitrogen and oxygen atoms in total. The molecule has 0 spiro atoms. The first-order valence-corrected chi connectivity index (χ1v) is 12.9. The molecular formula is C29H34N5O3. The number of hydrogen-bond donors (Lipinski definition) is 2. The minimum absolute atomic E-state index is 0.0709. The zero-order valence-corrected chi connectivity index (χ0v) is 21.7. The molecule has 2 fully saturated rings. The molecule has 0 bridgehead atoms. The average Bonchev–Trinajstić information content (AvgIpc) is 2.84. The molecule has 2 heterocycles. The van der Waals surface area contributed by atoms with Gasteiger partial charge in [-0.1, -0.05) is 32.9 Å². The van der Waals surface area contributed by atoms with Gasteiger partial charge in [-0.2, -0.15) is 0 Å². The lowest BCUT2D eigenvalue weighted by atomic mass is 9.59. The van der Waals surface area contributed by atoms with Crippen LogP contribution in [-0.2, 0) is 4.74 Å². The molecule has 1 radical (unpaired) electrons. The van der Waals surface area contributed by atoms with E-state index in [2.05, 4.69) is 65.6 Å². The summed E-state index contributed by atoms with van der Waals surface area (Å²) in [5, 5.41) is 18.1. The lowest BCUT2D eigenvalue weighted by molar-refractivity contribution is -0.384. The summed E-state index contributed by atoms with van der Waals surface area (Å²) >= 11 is 0. The molecule has 1 aromatic heterocycles. The van der Waals surface area contributed by atoms with Gasteiger partial charge in [0.2, 0.25) is 5.82 Å². The Balaban J connectivity index is 1.29.